The van der Waals surface area contributed by atoms with Crippen molar-refractivity contribution in [2.24, 2.45) is 63.1 Å². The van der Waals surface area contributed by atoms with Gasteiger partial charge < -0.3 is 18.9 Å². The normalized spacial score (nSPS) is 31.1. The van der Waals surface area contributed by atoms with Crippen LogP contribution in [0.25, 0.3) is 0 Å². The Hall–Kier alpha value is -2.12. The Bertz CT molecular complexity index is 1250. The van der Waals surface area contributed by atoms with Gasteiger partial charge in [0, 0.05) is 11.3 Å². The fourth-order valence-corrected chi connectivity index (χ4v) is 9.74. The summed E-state index contributed by atoms with van der Waals surface area (Å²) in [6.45, 7) is 28.3. The molecule has 7 aliphatic rings. The highest BCUT2D eigenvalue weighted by Gasteiger charge is 2.59. The quantitative estimate of drug-likeness (QED) is 0.179. The van der Waals surface area contributed by atoms with Gasteiger partial charge in [-0.1, -0.05) is 20.8 Å². The number of rotatable bonds is 8. The summed E-state index contributed by atoms with van der Waals surface area (Å²) in [5, 5.41) is 0. The van der Waals surface area contributed by atoms with Gasteiger partial charge in [-0.25, -0.2) is 0 Å². The molecule has 1 heterocycles. The van der Waals surface area contributed by atoms with Gasteiger partial charge in [-0.3, -0.25) is 19.2 Å². The van der Waals surface area contributed by atoms with Gasteiger partial charge in [0.15, 0.2) is 0 Å². The van der Waals surface area contributed by atoms with Gasteiger partial charge in [0.1, 0.15) is 11.2 Å². The average molecular weight is 747 g/mol. The number of carbonyl (C=O) groups is 4. The summed E-state index contributed by atoms with van der Waals surface area (Å²) < 4.78 is 21.0. The summed E-state index contributed by atoms with van der Waals surface area (Å²) in [5.74, 6) is 4.98. The molecule has 4 unspecified atom stereocenters. The Morgan fingerprint density at radius 1 is 0.642 bits per heavy atom. The van der Waals surface area contributed by atoms with E-state index in [2.05, 4.69) is 25.5 Å². The first-order chi connectivity index (χ1) is 24.3. The molecule has 6 saturated carbocycles. The van der Waals surface area contributed by atoms with Crippen LogP contribution in [0.5, 0.6) is 0 Å². The molecule has 53 heavy (non-hydrogen) atoms. The summed E-state index contributed by atoms with van der Waals surface area (Å²) in [5.41, 5.74) is -1.46. The summed E-state index contributed by atoms with van der Waals surface area (Å²) in [4.78, 5) is 46.1. The first kappa shape index (κ1) is 45.3. The molecule has 1 saturated heterocycles. The van der Waals surface area contributed by atoms with E-state index in [0.717, 1.165) is 49.5 Å². The third-order valence-corrected chi connectivity index (χ3v) is 14.3. The topological polar surface area (TPSA) is 105 Å². The summed E-state index contributed by atoms with van der Waals surface area (Å²) >= 11 is 0. The van der Waals surface area contributed by atoms with Crippen LogP contribution in [-0.2, 0) is 38.1 Å². The highest BCUT2D eigenvalue weighted by atomic mass is 16.6. The first-order valence-corrected chi connectivity index (χ1v) is 21.0. The zero-order valence-corrected chi connectivity index (χ0v) is 36.5. The monoisotopic (exact) mass is 747 g/mol. The van der Waals surface area contributed by atoms with Crippen molar-refractivity contribution in [2.75, 3.05) is 13.7 Å². The number of esters is 4. The lowest BCUT2D eigenvalue weighted by molar-refractivity contribution is -0.206. The maximum Gasteiger partial charge on any atom is 0.312 e. The van der Waals surface area contributed by atoms with Crippen LogP contribution in [0.3, 0.4) is 0 Å². The van der Waals surface area contributed by atoms with E-state index in [0.29, 0.717) is 17.8 Å². The zero-order chi connectivity index (χ0) is 40.4. The van der Waals surface area contributed by atoms with Crippen molar-refractivity contribution in [3.05, 3.63) is 0 Å². The minimum absolute atomic E-state index is 0.00857. The van der Waals surface area contributed by atoms with Crippen LogP contribution in [0, 0.1) is 63.1 Å². The van der Waals surface area contributed by atoms with Gasteiger partial charge >= 0.3 is 23.9 Å². The Morgan fingerprint density at radius 2 is 1.06 bits per heavy atom. The number of methoxy groups -OCH3 is 1. The molecule has 306 valence electrons. The van der Waals surface area contributed by atoms with E-state index in [1.165, 1.54) is 64.9 Å². The standard InChI is InChI=1S/C19H32O2.C10H20O2.C9H12O2.C7H14O2/c1-6-17(2,3)16(20)21-18(4,5)19-10-13-7-14(11-19)9-15(8-13)12-19;1-7-10(5,6)8(11)12-9(2,3)4;10-9-8-6-2-1-5(3-6)7(8)4-11-9;1-5-7(2,3)6(8)9-4/h13-15H,6-12H2,1-5H3;7H2,1-6H3;5-8H,1-4H2;5H2,1-4H3. The van der Waals surface area contributed by atoms with Crippen molar-refractivity contribution >= 4 is 23.9 Å². The molecule has 0 aromatic rings. The van der Waals surface area contributed by atoms with Crippen molar-refractivity contribution < 1.29 is 38.1 Å². The first-order valence-electron chi connectivity index (χ1n) is 21.0. The Kier molecular flexibility index (Phi) is 14.5. The van der Waals surface area contributed by atoms with Crippen LogP contribution in [-0.4, -0.2) is 48.8 Å². The van der Waals surface area contributed by atoms with Gasteiger partial charge in [0.05, 0.1) is 35.9 Å². The van der Waals surface area contributed by atoms with E-state index < -0.39 is 0 Å². The Balaban J connectivity index is 0.000000203. The van der Waals surface area contributed by atoms with Gasteiger partial charge in [-0.05, 0) is 183 Å². The molecule has 6 bridgehead atoms. The number of ether oxygens (including phenoxy) is 4. The third kappa shape index (κ3) is 10.8. The van der Waals surface area contributed by atoms with Crippen molar-refractivity contribution in [2.45, 2.75) is 185 Å². The third-order valence-electron chi connectivity index (χ3n) is 14.3. The molecule has 4 atom stereocenters. The van der Waals surface area contributed by atoms with E-state index >= 15 is 0 Å². The lowest BCUT2D eigenvalue weighted by Crippen LogP contribution is -2.58. The number of cyclic esters (lactones) is 1. The molecule has 0 aromatic carbocycles. The predicted molar refractivity (Wildman–Crippen MR) is 210 cm³/mol. The molecule has 6 aliphatic carbocycles. The fourth-order valence-electron chi connectivity index (χ4n) is 9.74. The smallest absolute Gasteiger partial charge is 0.312 e. The SMILES string of the molecule is CCC(C)(C)C(=O)OC.CCC(C)(C)C(=O)OC(C)(C)C.CCC(C)(C)C(=O)OC(C)(C)C12CC3CC(CC(C3)C1)C2.O=C1OCC2C3CCC(C3)C12. The molecular formula is C45H78O8. The molecule has 0 N–H and O–H groups in total. The van der Waals surface area contributed by atoms with Crippen molar-refractivity contribution in [1.29, 1.82) is 0 Å². The van der Waals surface area contributed by atoms with Crippen molar-refractivity contribution in [1.82, 2.24) is 0 Å². The molecule has 8 heteroatoms. The van der Waals surface area contributed by atoms with Crippen molar-refractivity contribution in [3.8, 4) is 0 Å². The highest BCUT2D eigenvalue weighted by Crippen LogP contribution is 2.64. The minimum atomic E-state index is -0.372. The minimum Gasteiger partial charge on any atom is -0.469 e. The second kappa shape index (κ2) is 16.9. The summed E-state index contributed by atoms with van der Waals surface area (Å²) in [7, 11) is 1.42. The van der Waals surface area contributed by atoms with E-state index in [1.807, 2.05) is 76.2 Å². The lowest BCUT2D eigenvalue weighted by atomic mass is 9.46. The number of fused-ring (bicyclic) bond motifs is 5. The molecule has 8 nitrogen and oxygen atoms in total. The second-order valence-electron chi connectivity index (χ2n) is 21.0. The van der Waals surface area contributed by atoms with Crippen LogP contribution in [0.4, 0.5) is 0 Å². The maximum absolute atomic E-state index is 12.6. The second-order valence-corrected chi connectivity index (χ2v) is 21.0. The van der Waals surface area contributed by atoms with Crippen LogP contribution in [0.2, 0.25) is 0 Å². The molecule has 7 rings (SSSR count). The zero-order valence-electron chi connectivity index (χ0n) is 36.5. The lowest BCUT2D eigenvalue weighted by Gasteiger charge is -2.61. The summed E-state index contributed by atoms with van der Waals surface area (Å²) in [6.07, 6.45) is 14.6. The highest BCUT2D eigenvalue weighted by molar-refractivity contribution is 5.77. The van der Waals surface area contributed by atoms with Gasteiger partial charge in [-0.15, -0.1) is 0 Å². The molecule has 0 radical (unpaired) electrons. The summed E-state index contributed by atoms with van der Waals surface area (Å²) in [6, 6.07) is 0. The van der Waals surface area contributed by atoms with Crippen LogP contribution < -0.4 is 0 Å². The average Bonchev–Trinajstić information content (AvgIpc) is 3.79. The molecule has 1 aliphatic heterocycles. The molecular weight excluding hydrogens is 668 g/mol. The Morgan fingerprint density at radius 3 is 1.43 bits per heavy atom. The van der Waals surface area contributed by atoms with Crippen molar-refractivity contribution in [3.63, 3.8) is 0 Å². The molecule has 0 amide bonds. The van der Waals surface area contributed by atoms with Gasteiger partial charge in [-0.2, -0.15) is 0 Å². The van der Waals surface area contributed by atoms with Gasteiger partial charge in [0.2, 0.25) is 0 Å². The molecule has 7 fully saturated rings. The van der Waals surface area contributed by atoms with E-state index in [9.17, 15) is 19.2 Å². The van der Waals surface area contributed by atoms with E-state index in [-0.39, 0.29) is 56.7 Å². The maximum atomic E-state index is 12.6. The van der Waals surface area contributed by atoms with Crippen LogP contribution in [0.15, 0.2) is 0 Å². The molecule has 0 spiro atoms. The number of hydrogen-bond donors (Lipinski definition) is 0. The predicted octanol–water partition coefficient (Wildman–Crippen LogP) is 10.5. The fraction of sp³-hybridized carbons (Fsp3) is 0.911. The van der Waals surface area contributed by atoms with Crippen LogP contribution >= 0.6 is 0 Å². The van der Waals surface area contributed by atoms with Crippen LogP contribution in [0.1, 0.15) is 174 Å². The number of hydrogen-bond acceptors (Lipinski definition) is 8. The number of carbonyl (C=O) groups excluding carboxylic acids is 4. The van der Waals surface area contributed by atoms with E-state index in [4.69, 9.17) is 14.2 Å². The Labute approximate surface area is 323 Å². The largest absolute Gasteiger partial charge is 0.469 e. The van der Waals surface area contributed by atoms with Gasteiger partial charge in [0.25, 0.3) is 0 Å². The van der Waals surface area contributed by atoms with E-state index in [1.54, 1.807) is 0 Å². The molecule has 0 aromatic heterocycles.